The number of hydrogen-bond donors (Lipinski definition) is 0. The zero-order chi connectivity index (χ0) is 12.6. The van der Waals surface area contributed by atoms with Crippen LogP contribution in [0.5, 0.6) is 0 Å². The van der Waals surface area contributed by atoms with Crippen LogP contribution in [-0.2, 0) is 0 Å². The Morgan fingerprint density at radius 3 is 1.83 bits per heavy atom. The van der Waals surface area contributed by atoms with Crippen molar-refractivity contribution in [3.63, 3.8) is 0 Å². The first-order chi connectivity index (χ1) is 8.92. The maximum Gasteiger partial charge on any atom is 0.0393 e. The molecule has 0 radical (unpaired) electrons. The van der Waals surface area contributed by atoms with Gasteiger partial charge in [0.1, 0.15) is 0 Å². The highest BCUT2D eigenvalue weighted by atomic mass is 14.0. The molecule has 0 aliphatic carbocycles. The minimum Gasteiger partial charge on any atom is -0.0740 e. The third-order valence-corrected chi connectivity index (χ3v) is 2.63. The number of hydrogen-bond acceptors (Lipinski definition) is 0. The van der Waals surface area contributed by atoms with Crippen LogP contribution >= 0.6 is 0 Å². The van der Waals surface area contributed by atoms with Gasteiger partial charge < -0.3 is 0 Å². The Morgan fingerprint density at radius 1 is 0.889 bits per heavy atom. The standard InChI is InChI=1S/C18H16/c1-2-3-6-15-18(16-11-7-4-8-12-16)17-13-9-5-10-14-17/h3-5,7-14H,2H2,1H3. The van der Waals surface area contributed by atoms with Crippen LogP contribution in [0.15, 0.2) is 78.2 Å². The minimum absolute atomic E-state index is 0.976. The van der Waals surface area contributed by atoms with Crippen LogP contribution in [0.1, 0.15) is 24.5 Å². The van der Waals surface area contributed by atoms with Crippen LogP contribution in [0.3, 0.4) is 0 Å². The van der Waals surface area contributed by atoms with Gasteiger partial charge in [-0.3, -0.25) is 0 Å². The fourth-order valence-electron chi connectivity index (χ4n) is 1.75. The molecule has 88 valence electrons. The van der Waals surface area contributed by atoms with Crippen LogP contribution in [0.4, 0.5) is 0 Å². The first-order valence-electron chi connectivity index (χ1n) is 6.23. The summed E-state index contributed by atoms with van der Waals surface area (Å²) in [6, 6.07) is 20.6. The molecule has 0 heterocycles. The van der Waals surface area contributed by atoms with Gasteiger partial charge in [0.15, 0.2) is 0 Å². The Kier molecular flexibility index (Phi) is 4.39. The first-order valence-corrected chi connectivity index (χ1v) is 6.23. The van der Waals surface area contributed by atoms with Crippen molar-refractivity contribution < 1.29 is 0 Å². The van der Waals surface area contributed by atoms with E-state index in [4.69, 9.17) is 0 Å². The van der Waals surface area contributed by atoms with Gasteiger partial charge in [-0.05, 0) is 23.6 Å². The molecule has 18 heavy (non-hydrogen) atoms. The predicted octanol–water partition coefficient (Wildman–Crippen LogP) is 4.84. The van der Waals surface area contributed by atoms with E-state index in [0.717, 1.165) is 12.0 Å². The molecule has 0 nitrogen and oxygen atoms in total. The Hall–Kier alpha value is -2.26. The molecule has 0 aliphatic heterocycles. The normalized spacial score (nSPS) is 9.17. The van der Waals surface area contributed by atoms with Crippen LogP contribution in [0.2, 0.25) is 0 Å². The van der Waals surface area contributed by atoms with E-state index in [-0.39, 0.29) is 0 Å². The lowest BCUT2D eigenvalue weighted by atomic mass is 9.99. The summed E-state index contributed by atoms with van der Waals surface area (Å²) in [5.41, 5.74) is 9.80. The highest BCUT2D eigenvalue weighted by Crippen LogP contribution is 2.21. The third-order valence-electron chi connectivity index (χ3n) is 2.63. The molecule has 0 fully saturated rings. The van der Waals surface area contributed by atoms with Gasteiger partial charge in [0.2, 0.25) is 0 Å². The highest BCUT2D eigenvalue weighted by Gasteiger charge is 2.02. The zero-order valence-corrected chi connectivity index (χ0v) is 10.6. The van der Waals surface area contributed by atoms with E-state index in [1.165, 1.54) is 11.1 Å². The van der Waals surface area contributed by atoms with E-state index < -0.39 is 0 Å². The van der Waals surface area contributed by atoms with Gasteiger partial charge in [0.05, 0.1) is 0 Å². The van der Waals surface area contributed by atoms with Gasteiger partial charge in [-0.25, -0.2) is 0 Å². The lowest BCUT2D eigenvalue weighted by Crippen LogP contribution is -1.85. The molecule has 2 aromatic rings. The van der Waals surface area contributed by atoms with Gasteiger partial charge in [0.25, 0.3) is 0 Å². The fraction of sp³-hybridized carbons (Fsp3) is 0.111. The van der Waals surface area contributed by atoms with Crippen LogP contribution < -0.4 is 0 Å². The van der Waals surface area contributed by atoms with Gasteiger partial charge in [-0.2, -0.15) is 0 Å². The van der Waals surface area contributed by atoms with Crippen molar-refractivity contribution in [1.29, 1.82) is 0 Å². The highest BCUT2D eigenvalue weighted by molar-refractivity contribution is 5.79. The third kappa shape index (κ3) is 3.12. The molecule has 0 spiro atoms. The average molecular weight is 232 g/mol. The molecule has 0 unspecified atom stereocenters. The van der Waals surface area contributed by atoms with E-state index in [1.54, 1.807) is 0 Å². The molecule has 0 aromatic heterocycles. The van der Waals surface area contributed by atoms with Gasteiger partial charge in [-0.1, -0.05) is 79.0 Å². The summed E-state index contributed by atoms with van der Waals surface area (Å²) in [5, 5.41) is 0. The summed E-state index contributed by atoms with van der Waals surface area (Å²) in [4.78, 5) is 0. The van der Waals surface area contributed by atoms with Gasteiger partial charge in [0, 0.05) is 5.57 Å². The quantitative estimate of drug-likeness (QED) is 0.664. The van der Waals surface area contributed by atoms with E-state index in [2.05, 4.69) is 42.7 Å². The summed E-state index contributed by atoms with van der Waals surface area (Å²) in [7, 11) is 0. The molecular formula is C18H16. The molecule has 0 N–H and O–H groups in total. The van der Waals surface area contributed by atoms with E-state index in [1.807, 2.05) is 42.5 Å². The number of allylic oxidation sites excluding steroid dienone is 1. The Labute approximate surface area is 109 Å². The van der Waals surface area contributed by atoms with Gasteiger partial charge in [-0.15, -0.1) is 0 Å². The summed E-state index contributed by atoms with van der Waals surface area (Å²) in [6.45, 7) is 2.10. The predicted molar refractivity (Wildman–Crippen MR) is 77.3 cm³/mol. The topological polar surface area (TPSA) is 0 Å². The molecule has 0 heteroatoms. The van der Waals surface area contributed by atoms with Crippen molar-refractivity contribution in [2.24, 2.45) is 0 Å². The Balaban J connectivity index is 2.56. The van der Waals surface area contributed by atoms with Crippen LogP contribution in [0, 0.1) is 0 Å². The molecule has 0 amide bonds. The van der Waals surface area contributed by atoms with E-state index >= 15 is 0 Å². The molecule has 0 saturated heterocycles. The van der Waals surface area contributed by atoms with Crippen molar-refractivity contribution in [1.82, 2.24) is 0 Å². The summed E-state index contributed by atoms with van der Waals surface area (Å²) >= 11 is 0. The molecule has 2 aromatic carbocycles. The largest absolute Gasteiger partial charge is 0.0740 e. The second-order valence-electron chi connectivity index (χ2n) is 3.99. The number of benzene rings is 2. The van der Waals surface area contributed by atoms with Crippen molar-refractivity contribution >= 4 is 5.57 Å². The van der Waals surface area contributed by atoms with Crippen molar-refractivity contribution in [2.45, 2.75) is 13.3 Å². The molecule has 0 aliphatic rings. The summed E-state index contributed by atoms with van der Waals surface area (Å²) in [5.74, 6) is 0. The second kappa shape index (κ2) is 6.47. The van der Waals surface area contributed by atoms with E-state index in [9.17, 15) is 0 Å². The Bertz CT molecular complexity index is 537. The van der Waals surface area contributed by atoms with Crippen LogP contribution in [0.25, 0.3) is 5.57 Å². The smallest absolute Gasteiger partial charge is 0.0393 e. The molecule has 0 bridgehead atoms. The van der Waals surface area contributed by atoms with Crippen molar-refractivity contribution in [2.75, 3.05) is 0 Å². The first kappa shape index (κ1) is 12.2. The summed E-state index contributed by atoms with van der Waals surface area (Å²) < 4.78 is 0. The maximum absolute atomic E-state index is 3.26. The summed E-state index contributed by atoms with van der Waals surface area (Å²) in [6.07, 6.45) is 2.97. The maximum atomic E-state index is 3.26. The van der Waals surface area contributed by atoms with Crippen molar-refractivity contribution in [3.8, 4) is 0 Å². The molecule has 0 saturated carbocycles. The van der Waals surface area contributed by atoms with Gasteiger partial charge >= 0.3 is 0 Å². The minimum atomic E-state index is 0.976. The van der Waals surface area contributed by atoms with Crippen molar-refractivity contribution in [3.05, 3.63) is 89.3 Å². The van der Waals surface area contributed by atoms with E-state index in [0.29, 0.717) is 0 Å². The van der Waals surface area contributed by atoms with Crippen LogP contribution in [-0.4, -0.2) is 0 Å². The molecule has 0 atom stereocenters. The average Bonchev–Trinajstić information content (AvgIpc) is 2.46. The molecule has 2 rings (SSSR count). The lowest BCUT2D eigenvalue weighted by molar-refractivity contribution is 1.23. The second-order valence-corrected chi connectivity index (χ2v) is 3.99. The fourth-order valence-corrected chi connectivity index (χ4v) is 1.75. The Morgan fingerprint density at radius 2 is 1.39 bits per heavy atom. The SMILES string of the molecule is CCC=C=C=C(c1ccccc1)c1ccccc1. The monoisotopic (exact) mass is 232 g/mol. The molecular weight excluding hydrogens is 216 g/mol. The lowest BCUT2D eigenvalue weighted by Gasteiger charge is -2.04. The zero-order valence-electron chi connectivity index (χ0n) is 10.6. The number of rotatable bonds is 3.